The van der Waals surface area contributed by atoms with Gasteiger partial charge in [0.05, 0.1) is 7.11 Å². The van der Waals surface area contributed by atoms with Crippen LogP contribution in [0.5, 0.6) is 5.75 Å². The summed E-state index contributed by atoms with van der Waals surface area (Å²) in [5.74, 6) is 1.27. The summed E-state index contributed by atoms with van der Waals surface area (Å²) in [5, 5.41) is 2.85. The molecule has 0 bridgehead atoms. The van der Waals surface area contributed by atoms with Gasteiger partial charge in [-0.15, -0.1) is 0 Å². The topological polar surface area (TPSA) is 64.3 Å². The van der Waals surface area contributed by atoms with Crippen molar-refractivity contribution in [3.05, 3.63) is 29.8 Å². The Bertz CT molecular complexity index is 385. The van der Waals surface area contributed by atoms with Gasteiger partial charge in [0.25, 0.3) is 5.91 Å². The van der Waals surface area contributed by atoms with E-state index in [-0.39, 0.29) is 11.9 Å². The molecule has 0 aromatic heterocycles. The van der Waals surface area contributed by atoms with Gasteiger partial charge in [0.15, 0.2) is 0 Å². The van der Waals surface area contributed by atoms with Crippen molar-refractivity contribution >= 4 is 5.91 Å². The van der Waals surface area contributed by atoms with E-state index in [9.17, 15) is 4.79 Å². The van der Waals surface area contributed by atoms with Crippen LogP contribution in [0.2, 0.25) is 0 Å². The average Bonchev–Trinajstić information content (AvgIpc) is 3.20. The molecule has 1 atom stereocenters. The number of nitrogens with one attached hydrogen (secondary N) is 1. The highest BCUT2D eigenvalue weighted by atomic mass is 16.5. The first kappa shape index (κ1) is 11.9. The lowest BCUT2D eigenvalue weighted by Crippen LogP contribution is -2.38. The largest absolute Gasteiger partial charge is 0.497 e. The lowest BCUT2D eigenvalue weighted by molar-refractivity contribution is 0.0950. The molecule has 1 unspecified atom stereocenters. The standard InChI is InChI=1S/C13H18N2O2/c1-17-11-6-4-10(5-7-11)13(16)15-8-12(14)9-2-3-9/h4-7,9,12H,2-3,8,14H2,1H3,(H,15,16). The summed E-state index contributed by atoms with van der Waals surface area (Å²) in [5.41, 5.74) is 6.55. The summed E-state index contributed by atoms with van der Waals surface area (Å²) < 4.78 is 5.04. The fourth-order valence-electron chi connectivity index (χ4n) is 1.75. The molecule has 3 N–H and O–H groups in total. The van der Waals surface area contributed by atoms with Gasteiger partial charge in [-0.3, -0.25) is 4.79 Å². The van der Waals surface area contributed by atoms with Crippen LogP contribution in [-0.2, 0) is 0 Å². The molecule has 0 aliphatic heterocycles. The van der Waals surface area contributed by atoms with Crippen LogP contribution in [0, 0.1) is 5.92 Å². The predicted octanol–water partition coefficient (Wildman–Crippen LogP) is 1.16. The van der Waals surface area contributed by atoms with E-state index in [0.29, 0.717) is 18.0 Å². The highest BCUT2D eigenvalue weighted by molar-refractivity contribution is 5.94. The highest BCUT2D eigenvalue weighted by Gasteiger charge is 2.28. The highest BCUT2D eigenvalue weighted by Crippen LogP contribution is 2.31. The zero-order chi connectivity index (χ0) is 12.3. The van der Waals surface area contributed by atoms with E-state index in [1.807, 2.05) is 0 Å². The van der Waals surface area contributed by atoms with Crippen LogP contribution in [0.1, 0.15) is 23.2 Å². The third-order valence-electron chi connectivity index (χ3n) is 3.08. The summed E-state index contributed by atoms with van der Waals surface area (Å²) in [6, 6.07) is 7.14. The van der Waals surface area contributed by atoms with E-state index >= 15 is 0 Å². The van der Waals surface area contributed by atoms with Crippen molar-refractivity contribution in [2.45, 2.75) is 18.9 Å². The van der Waals surface area contributed by atoms with Crippen LogP contribution < -0.4 is 15.8 Å². The number of methoxy groups -OCH3 is 1. The maximum atomic E-state index is 11.8. The first-order chi connectivity index (χ1) is 8.20. The first-order valence-corrected chi connectivity index (χ1v) is 5.88. The molecule has 4 heteroatoms. The van der Waals surface area contributed by atoms with Crippen LogP contribution in [0.4, 0.5) is 0 Å². The SMILES string of the molecule is COc1ccc(C(=O)NCC(N)C2CC2)cc1. The maximum Gasteiger partial charge on any atom is 0.251 e. The minimum atomic E-state index is -0.0799. The van der Waals surface area contributed by atoms with Crippen molar-refractivity contribution in [3.8, 4) is 5.75 Å². The van der Waals surface area contributed by atoms with E-state index < -0.39 is 0 Å². The molecule has 2 rings (SSSR count). The fraction of sp³-hybridized carbons (Fsp3) is 0.462. The molecule has 0 heterocycles. The third-order valence-corrected chi connectivity index (χ3v) is 3.08. The Labute approximate surface area is 101 Å². The molecule has 17 heavy (non-hydrogen) atoms. The van der Waals surface area contributed by atoms with Crippen LogP contribution in [0.15, 0.2) is 24.3 Å². The van der Waals surface area contributed by atoms with Gasteiger partial charge in [-0.05, 0) is 43.0 Å². The Morgan fingerprint density at radius 1 is 1.47 bits per heavy atom. The molecule has 1 aromatic rings. The molecule has 1 amide bonds. The number of hydrogen-bond acceptors (Lipinski definition) is 3. The Balaban J connectivity index is 1.85. The van der Waals surface area contributed by atoms with Crippen molar-refractivity contribution in [2.75, 3.05) is 13.7 Å². The summed E-state index contributed by atoms with van der Waals surface area (Å²) in [6.07, 6.45) is 2.39. The van der Waals surface area contributed by atoms with E-state index in [0.717, 1.165) is 5.75 Å². The maximum absolute atomic E-state index is 11.8. The number of hydrogen-bond donors (Lipinski definition) is 2. The number of nitrogens with two attached hydrogens (primary N) is 1. The van der Waals surface area contributed by atoms with Crippen molar-refractivity contribution in [1.29, 1.82) is 0 Å². The normalized spacial score (nSPS) is 16.4. The minimum Gasteiger partial charge on any atom is -0.497 e. The summed E-state index contributed by atoms with van der Waals surface area (Å²) >= 11 is 0. The van der Waals surface area contributed by atoms with E-state index in [1.54, 1.807) is 31.4 Å². The van der Waals surface area contributed by atoms with Crippen LogP contribution in [0.3, 0.4) is 0 Å². The molecule has 1 aromatic carbocycles. The number of benzene rings is 1. The monoisotopic (exact) mass is 234 g/mol. The molecular weight excluding hydrogens is 216 g/mol. The van der Waals surface area contributed by atoms with Gasteiger partial charge in [0.2, 0.25) is 0 Å². The zero-order valence-corrected chi connectivity index (χ0v) is 9.98. The molecule has 1 fully saturated rings. The number of rotatable bonds is 5. The van der Waals surface area contributed by atoms with Gasteiger partial charge in [-0.1, -0.05) is 0 Å². The molecule has 1 aliphatic rings. The molecule has 0 saturated heterocycles. The Morgan fingerprint density at radius 2 is 2.12 bits per heavy atom. The first-order valence-electron chi connectivity index (χ1n) is 5.88. The number of ether oxygens (including phenoxy) is 1. The van der Waals surface area contributed by atoms with Gasteiger partial charge >= 0.3 is 0 Å². The fourth-order valence-corrected chi connectivity index (χ4v) is 1.75. The number of amides is 1. The zero-order valence-electron chi connectivity index (χ0n) is 9.98. The second-order valence-electron chi connectivity index (χ2n) is 4.44. The second-order valence-corrected chi connectivity index (χ2v) is 4.44. The smallest absolute Gasteiger partial charge is 0.251 e. The molecule has 92 valence electrons. The number of carbonyl (C=O) groups is 1. The number of carbonyl (C=O) groups excluding carboxylic acids is 1. The quantitative estimate of drug-likeness (QED) is 0.803. The molecule has 4 nitrogen and oxygen atoms in total. The molecule has 0 radical (unpaired) electrons. The molecular formula is C13H18N2O2. The Hall–Kier alpha value is -1.55. The predicted molar refractivity (Wildman–Crippen MR) is 66.0 cm³/mol. The molecule has 1 aliphatic carbocycles. The Kier molecular flexibility index (Phi) is 3.64. The van der Waals surface area contributed by atoms with E-state index in [1.165, 1.54) is 12.8 Å². The van der Waals surface area contributed by atoms with Gasteiger partial charge in [-0.2, -0.15) is 0 Å². The molecule has 1 saturated carbocycles. The second kappa shape index (κ2) is 5.19. The van der Waals surface area contributed by atoms with Crippen molar-refractivity contribution in [3.63, 3.8) is 0 Å². The summed E-state index contributed by atoms with van der Waals surface area (Å²) in [7, 11) is 1.60. The average molecular weight is 234 g/mol. The van der Waals surface area contributed by atoms with Gasteiger partial charge < -0.3 is 15.8 Å². The summed E-state index contributed by atoms with van der Waals surface area (Å²) in [6.45, 7) is 0.551. The van der Waals surface area contributed by atoms with Crippen molar-refractivity contribution in [2.24, 2.45) is 11.7 Å². The van der Waals surface area contributed by atoms with Crippen LogP contribution >= 0.6 is 0 Å². The van der Waals surface area contributed by atoms with Gasteiger partial charge in [-0.25, -0.2) is 0 Å². The van der Waals surface area contributed by atoms with Crippen molar-refractivity contribution < 1.29 is 9.53 Å². The Morgan fingerprint density at radius 3 is 2.65 bits per heavy atom. The van der Waals surface area contributed by atoms with Crippen LogP contribution in [0.25, 0.3) is 0 Å². The van der Waals surface area contributed by atoms with Crippen LogP contribution in [-0.4, -0.2) is 25.6 Å². The van der Waals surface area contributed by atoms with Crippen molar-refractivity contribution in [1.82, 2.24) is 5.32 Å². The van der Waals surface area contributed by atoms with E-state index in [2.05, 4.69) is 5.32 Å². The lowest BCUT2D eigenvalue weighted by atomic mass is 10.1. The van der Waals surface area contributed by atoms with Gasteiger partial charge in [0.1, 0.15) is 5.75 Å². The lowest BCUT2D eigenvalue weighted by Gasteiger charge is -2.11. The third kappa shape index (κ3) is 3.20. The van der Waals surface area contributed by atoms with Gasteiger partial charge in [0, 0.05) is 18.2 Å². The van der Waals surface area contributed by atoms with E-state index in [4.69, 9.17) is 10.5 Å². The molecule has 0 spiro atoms. The summed E-state index contributed by atoms with van der Waals surface area (Å²) in [4.78, 5) is 11.8. The minimum absolute atomic E-state index is 0.0799.